The number of hydrogen-bond donors (Lipinski definition) is 2. The second-order valence-corrected chi connectivity index (χ2v) is 6.79. The van der Waals surface area contributed by atoms with Crippen molar-refractivity contribution in [1.29, 1.82) is 0 Å². The van der Waals surface area contributed by atoms with E-state index in [2.05, 4.69) is 15.7 Å². The first-order chi connectivity index (χ1) is 14.1. The number of alkyl halides is 3. The van der Waals surface area contributed by atoms with Gasteiger partial charge in [-0.25, -0.2) is 14.3 Å². The summed E-state index contributed by atoms with van der Waals surface area (Å²) in [6, 6.07) is 10.6. The van der Waals surface area contributed by atoms with Crippen molar-refractivity contribution in [3.05, 3.63) is 69.6 Å². The molecule has 0 aliphatic carbocycles. The fourth-order valence-electron chi connectivity index (χ4n) is 2.70. The molecule has 1 aromatic heterocycles. The van der Waals surface area contributed by atoms with Crippen molar-refractivity contribution in [2.45, 2.75) is 12.7 Å². The lowest BCUT2D eigenvalue weighted by molar-refractivity contribution is -0.137. The Labute approximate surface area is 174 Å². The number of nitrogens with one attached hydrogen (secondary N) is 2. The van der Waals surface area contributed by atoms with E-state index in [0.29, 0.717) is 10.7 Å². The predicted octanol–water partition coefficient (Wildman–Crippen LogP) is 3.74. The van der Waals surface area contributed by atoms with Gasteiger partial charge in [-0.2, -0.15) is 13.2 Å². The summed E-state index contributed by atoms with van der Waals surface area (Å²) in [4.78, 5) is 24.3. The third-order valence-electron chi connectivity index (χ3n) is 4.20. The topological polar surface area (TPSA) is 81.0 Å². The Morgan fingerprint density at radius 3 is 2.53 bits per heavy atom. The van der Waals surface area contributed by atoms with E-state index in [1.54, 1.807) is 24.3 Å². The second-order valence-electron chi connectivity index (χ2n) is 6.35. The normalized spacial score (nSPS) is 11.4. The lowest BCUT2D eigenvalue weighted by Gasteiger charge is -2.08. The van der Waals surface area contributed by atoms with Crippen LogP contribution in [0.1, 0.15) is 5.56 Å². The van der Waals surface area contributed by atoms with Crippen molar-refractivity contribution >= 4 is 23.3 Å². The Morgan fingerprint density at radius 2 is 1.87 bits per heavy atom. The molecule has 7 nitrogen and oxygen atoms in total. The average molecular weight is 440 g/mol. The van der Waals surface area contributed by atoms with Crippen LogP contribution in [0.15, 0.2) is 53.3 Å². The minimum atomic E-state index is -4.50. The Morgan fingerprint density at radius 1 is 1.17 bits per heavy atom. The van der Waals surface area contributed by atoms with Crippen molar-refractivity contribution in [2.75, 3.05) is 11.9 Å². The smallest absolute Gasteiger partial charge is 0.336 e. The molecule has 0 radical (unpaired) electrons. The highest BCUT2D eigenvalue weighted by atomic mass is 35.5. The van der Waals surface area contributed by atoms with Crippen molar-refractivity contribution in [3.8, 4) is 11.4 Å². The molecule has 158 valence electrons. The molecule has 2 amide bonds. The molecule has 30 heavy (non-hydrogen) atoms. The molecule has 3 rings (SSSR count). The largest absolute Gasteiger partial charge is 0.416 e. The molecule has 0 aliphatic rings. The molecule has 0 aliphatic heterocycles. The fourth-order valence-corrected chi connectivity index (χ4v) is 2.83. The van der Waals surface area contributed by atoms with Gasteiger partial charge in [0.2, 0.25) is 0 Å². The molecular formula is C19H17ClF3N5O2. The first-order valence-corrected chi connectivity index (χ1v) is 9.15. The minimum Gasteiger partial charge on any atom is -0.336 e. The van der Waals surface area contributed by atoms with E-state index in [4.69, 9.17) is 11.6 Å². The van der Waals surface area contributed by atoms with E-state index in [-0.39, 0.29) is 24.5 Å². The summed E-state index contributed by atoms with van der Waals surface area (Å²) in [7, 11) is 1.42. The minimum absolute atomic E-state index is 0.0413. The van der Waals surface area contributed by atoms with E-state index in [1.165, 1.54) is 19.2 Å². The van der Waals surface area contributed by atoms with Gasteiger partial charge in [0.25, 0.3) is 0 Å². The summed E-state index contributed by atoms with van der Waals surface area (Å²) in [5.74, 6) is 0.0942. The molecule has 0 fully saturated rings. The molecule has 0 saturated heterocycles. The zero-order valence-electron chi connectivity index (χ0n) is 15.7. The van der Waals surface area contributed by atoms with Crippen LogP contribution in [-0.4, -0.2) is 26.9 Å². The quantitative estimate of drug-likeness (QED) is 0.635. The van der Waals surface area contributed by atoms with Crippen LogP contribution in [0.4, 0.5) is 23.7 Å². The van der Waals surface area contributed by atoms with Crippen molar-refractivity contribution in [2.24, 2.45) is 7.05 Å². The van der Waals surface area contributed by atoms with Gasteiger partial charge in [0.05, 0.1) is 12.1 Å². The highest BCUT2D eigenvalue weighted by molar-refractivity contribution is 6.30. The maximum absolute atomic E-state index is 12.9. The third kappa shape index (κ3) is 5.01. The van der Waals surface area contributed by atoms with Gasteiger partial charge >= 0.3 is 17.9 Å². The molecule has 0 atom stereocenters. The molecule has 0 unspecified atom stereocenters. The number of amides is 2. The number of hydrogen-bond acceptors (Lipinski definition) is 3. The molecule has 0 bridgehead atoms. The Balaban J connectivity index is 1.66. The Bertz CT molecular complexity index is 1110. The highest BCUT2D eigenvalue weighted by Gasteiger charge is 2.30. The zero-order valence-corrected chi connectivity index (χ0v) is 16.5. The summed E-state index contributed by atoms with van der Waals surface area (Å²) in [5, 5.41) is 9.82. The number of anilines is 1. The fraction of sp³-hybridized carbons (Fsp3) is 0.211. The number of aromatic nitrogens is 3. The highest BCUT2D eigenvalue weighted by Crippen LogP contribution is 2.31. The molecule has 2 aromatic carbocycles. The molecule has 1 heterocycles. The van der Waals surface area contributed by atoms with Crippen LogP contribution in [-0.2, 0) is 19.8 Å². The van der Waals surface area contributed by atoms with Gasteiger partial charge < -0.3 is 10.6 Å². The van der Waals surface area contributed by atoms with Gasteiger partial charge in [0.15, 0.2) is 5.82 Å². The summed E-state index contributed by atoms with van der Waals surface area (Å²) < 4.78 is 41.1. The van der Waals surface area contributed by atoms with E-state index in [9.17, 15) is 22.8 Å². The summed E-state index contributed by atoms with van der Waals surface area (Å²) >= 11 is 5.78. The molecule has 0 saturated carbocycles. The number of halogens is 4. The number of benzene rings is 2. The molecule has 11 heteroatoms. The van der Waals surface area contributed by atoms with Gasteiger partial charge in [-0.1, -0.05) is 23.7 Å². The lowest BCUT2D eigenvalue weighted by atomic mass is 10.1. The summed E-state index contributed by atoms with van der Waals surface area (Å²) in [6.07, 6.45) is -4.50. The van der Waals surface area contributed by atoms with E-state index < -0.39 is 23.5 Å². The summed E-state index contributed by atoms with van der Waals surface area (Å²) in [6.45, 7) is 0.123. The number of carbonyl (C=O) groups excluding carboxylic acids is 1. The van der Waals surface area contributed by atoms with Crippen molar-refractivity contribution < 1.29 is 18.0 Å². The Hall–Kier alpha value is -3.27. The van der Waals surface area contributed by atoms with Crippen molar-refractivity contribution in [1.82, 2.24) is 19.7 Å². The molecule has 0 spiro atoms. The number of urea groups is 1. The molecular weight excluding hydrogens is 423 g/mol. The van der Waals surface area contributed by atoms with E-state index in [1.807, 2.05) is 0 Å². The first kappa shape index (κ1) is 21.4. The number of nitrogens with zero attached hydrogens (tertiary/aromatic N) is 3. The zero-order chi connectivity index (χ0) is 21.9. The van der Waals surface area contributed by atoms with E-state index >= 15 is 0 Å². The van der Waals surface area contributed by atoms with Crippen LogP contribution >= 0.6 is 11.6 Å². The Kier molecular flexibility index (Phi) is 6.16. The maximum atomic E-state index is 12.9. The summed E-state index contributed by atoms with van der Waals surface area (Å²) in [5.41, 5.74) is -0.639. The van der Waals surface area contributed by atoms with Crippen LogP contribution in [0.2, 0.25) is 5.02 Å². The molecule has 2 N–H and O–H groups in total. The van der Waals surface area contributed by atoms with Crippen LogP contribution in [0.5, 0.6) is 0 Å². The van der Waals surface area contributed by atoms with Gasteiger partial charge in [0, 0.05) is 29.9 Å². The first-order valence-electron chi connectivity index (χ1n) is 8.77. The SMILES string of the molecule is Cn1c(-c2cccc(C(F)(F)F)c2)nn(CCNC(=O)Nc2ccc(Cl)cc2)c1=O. The number of rotatable bonds is 5. The van der Waals surface area contributed by atoms with Crippen LogP contribution in [0, 0.1) is 0 Å². The monoisotopic (exact) mass is 439 g/mol. The number of carbonyl (C=O) groups is 1. The average Bonchev–Trinajstić information content (AvgIpc) is 2.98. The standard InChI is InChI=1S/C19H17ClF3N5O2/c1-27-16(12-3-2-4-13(11-12)19(21,22)23)26-28(18(27)30)10-9-24-17(29)25-15-7-5-14(20)6-8-15/h2-8,11H,9-10H2,1H3,(H2,24,25,29). The van der Waals surface area contributed by atoms with Gasteiger partial charge in [-0.3, -0.25) is 4.57 Å². The molecule has 3 aromatic rings. The van der Waals surface area contributed by atoms with Crippen LogP contribution in [0.25, 0.3) is 11.4 Å². The lowest BCUT2D eigenvalue weighted by Crippen LogP contribution is -2.34. The van der Waals surface area contributed by atoms with Crippen LogP contribution < -0.4 is 16.3 Å². The van der Waals surface area contributed by atoms with Crippen molar-refractivity contribution in [3.63, 3.8) is 0 Å². The van der Waals surface area contributed by atoms with Gasteiger partial charge in [0.1, 0.15) is 0 Å². The van der Waals surface area contributed by atoms with Gasteiger partial charge in [-0.05, 0) is 36.4 Å². The second kappa shape index (κ2) is 8.62. The third-order valence-corrected chi connectivity index (χ3v) is 4.45. The van der Waals surface area contributed by atoms with Gasteiger partial charge in [-0.15, -0.1) is 5.10 Å². The van der Waals surface area contributed by atoms with Crippen LogP contribution in [0.3, 0.4) is 0 Å². The van der Waals surface area contributed by atoms with E-state index in [0.717, 1.165) is 21.4 Å². The predicted molar refractivity (Wildman–Crippen MR) is 106 cm³/mol. The maximum Gasteiger partial charge on any atom is 0.416 e.